The minimum Gasteiger partial charge on any atom is -0.338 e. The zero-order chi connectivity index (χ0) is 15.1. The number of fused-ring (bicyclic) bond motifs is 1. The van der Waals surface area contributed by atoms with E-state index in [0.29, 0.717) is 18.4 Å². The Kier molecular flexibility index (Phi) is 3.29. The zero-order valence-electron chi connectivity index (χ0n) is 12.6. The molecule has 22 heavy (non-hydrogen) atoms. The molecule has 1 fully saturated rings. The Hall–Kier alpha value is -2.02. The smallest absolute Gasteiger partial charge is 0.267 e. The van der Waals surface area contributed by atoms with Gasteiger partial charge in [-0.05, 0) is 31.7 Å². The van der Waals surface area contributed by atoms with Crippen LogP contribution in [0.4, 0.5) is 0 Å². The highest BCUT2D eigenvalue weighted by Crippen LogP contribution is 2.27. The molecule has 0 N–H and O–H groups in total. The van der Waals surface area contributed by atoms with E-state index in [1.54, 1.807) is 10.7 Å². The van der Waals surface area contributed by atoms with Crippen molar-refractivity contribution in [2.45, 2.75) is 38.8 Å². The standard InChI is InChI=1S/C15H19N5O2/c1-10(15-16-9-17-22-15)19-6-11(7-19)8-20-14(21)5-12-3-2-4-13(12)18-20/h5,9-11H,2-4,6-8H2,1H3. The molecule has 4 rings (SSSR count). The molecule has 2 aromatic rings. The van der Waals surface area contributed by atoms with Crippen LogP contribution in [-0.2, 0) is 19.4 Å². The highest BCUT2D eigenvalue weighted by atomic mass is 16.5. The molecular weight excluding hydrogens is 282 g/mol. The van der Waals surface area contributed by atoms with Crippen LogP contribution in [0.2, 0.25) is 0 Å². The molecule has 0 saturated carbocycles. The molecule has 7 nitrogen and oxygen atoms in total. The number of aromatic nitrogens is 4. The fourth-order valence-electron chi connectivity index (χ4n) is 3.38. The fraction of sp³-hybridized carbons (Fsp3) is 0.600. The maximum absolute atomic E-state index is 12.1. The van der Waals surface area contributed by atoms with Crippen molar-refractivity contribution in [3.63, 3.8) is 0 Å². The minimum absolute atomic E-state index is 0.0315. The van der Waals surface area contributed by atoms with E-state index in [2.05, 4.69) is 27.1 Å². The average Bonchev–Trinajstić information content (AvgIpc) is 3.12. The lowest BCUT2D eigenvalue weighted by atomic mass is 9.98. The van der Waals surface area contributed by atoms with Gasteiger partial charge in [-0.2, -0.15) is 10.1 Å². The molecule has 1 unspecified atom stereocenters. The Bertz CT molecular complexity index is 718. The predicted octanol–water partition coefficient (Wildman–Crippen LogP) is 0.808. The van der Waals surface area contributed by atoms with Gasteiger partial charge in [-0.15, -0.1) is 0 Å². The first kappa shape index (κ1) is 13.6. The lowest BCUT2D eigenvalue weighted by Crippen LogP contribution is -2.50. The second-order valence-electron chi connectivity index (χ2n) is 6.27. The van der Waals surface area contributed by atoms with Crippen LogP contribution < -0.4 is 5.56 Å². The Morgan fingerprint density at radius 3 is 3.05 bits per heavy atom. The van der Waals surface area contributed by atoms with Crippen LogP contribution in [-0.4, -0.2) is 37.9 Å². The van der Waals surface area contributed by atoms with Crippen LogP contribution in [0.15, 0.2) is 21.7 Å². The molecule has 7 heteroatoms. The molecule has 1 aliphatic carbocycles. The first-order chi connectivity index (χ1) is 10.7. The van der Waals surface area contributed by atoms with Crippen LogP contribution in [0.3, 0.4) is 0 Å². The van der Waals surface area contributed by atoms with Crippen LogP contribution in [0.5, 0.6) is 0 Å². The number of rotatable bonds is 4. The summed E-state index contributed by atoms with van der Waals surface area (Å²) in [6.07, 6.45) is 4.54. The van der Waals surface area contributed by atoms with Crippen LogP contribution in [0, 0.1) is 5.92 Å². The van der Waals surface area contributed by atoms with Gasteiger partial charge in [0.2, 0.25) is 5.89 Å². The van der Waals surface area contributed by atoms with Gasteiger partial charge in [0.25, 0.3) is 5.56 Å². The van der Waals surface area contributed by atoms with Gasteiger partial charge in [0.15, 0.2) is 6.33 Å². The molecule has 0 radical (unpaired) electrons. The summed E-state index contributed by atoms with van der Waals surface area (Å²) in [6.45, 7) is 4.60. The quantitative estimate of drug-likeness (QED) is 0.831. The van der Waals surface area contributed by atoms with Crippen molar-refractivity contribution < 1.29 is 4.52 Å². The molecule has 0 spiro atoms. The summed E-state index contributed by atoms with van der Waals surface area (Å²) in [4.78, 5) is 18.5. The SMILES string of the molecule is CC(c1ncno1)N1CC(Cn2nc3c(cc2=O)CCC3)C1. The third-order valence-corrected chi connectivity index (χ3v) is 4.72. The van der Waals surface area contributed by atoms with E-state index >= 15 is 0 Å². The highest BCUT2D eigenvalue weighted by Gasteiger charge is 2.33. The van der Waals surface area contributed by atoms with Gasteiger partial charge < -0.3 is 4.52 Å². The molecule has 0 aromatic carbocycles. The summed E-state index contributed by atoms with van der Waals surface area (Å²) >= 11 is 0. The maximum Gasteiger partial charge on any atom is 0.267 e. The van der Waals surface area contributed by atoms with E-state index in [-0.39, 0.29) is 11.6 Å². The normalized spacial score (nSPS) is 19.9. The monoisotopic (exact) mass is 301 g/mol. The summed E-state index contributed by atoms with van der Waals surface area (Å²) in [5, 5.41) is 8.19. The molecule has 1 atom stereocenters. The van der Waals surface area contributed by atoms with Crippen molar-refractivity contribution in [1.29, 1.82) is 0 Å². The molecule has 1 saturated heterocycles. The summed E-state index contributed by atoms with van der Waals surface area (Å²) < 4.78 is 6.75. The van der Waals surface area contributed by atoms with Crippen molar-refractivity contribution in [1.82, 2.24) is 24.8 Å². The molecule has 0 bridgehead atoms. The summed E-state index contributed by atoms with van der Waals surface area (Å²) in [7, 11) is 0. The molecule has 2 aromatic heterocycles. The van der Waals surface area contributed by atoms with Gasteiger partial charge in [-0.1, -0.05) is 5.16 Å². The second-order valence-corrected chi connectivity index (χ2v) is 6.27. The van der Waals surface area contributed by atoms with Gasteiger partial charge in [-0.3, -0.25) is 9.69 Å². The molecule has 116 valence electrons. The number of hydrogen-bond donors (Lipinski definition) is 0. The van der Waals surface area contributed by atoms with E-state index in [1.165, 1.54) is 6.33 Å². The Balaban J connectivity index is 1.39. The maximum atomic E-state index is 12.1. The van der Waals surface area contributed by atoms with Crippen molar-refractivity contribution in [3.05, 3.63) is 39.9 Å². The van der Waals surface area contributed by atoms with Crippen LogP contribution in [0.25, 0.3) is 0 Å². The Morgan fingerprint density at radius 2 is 2.27 bits per heavy atom. The number of nitrogens with zero attached hydrogens (tertiary/aromatic N) is 5. The number of likely N-dealkylation sites (tertiary alicyclic amines) is 1. The summed E-state index contributed by atoms with van der Waals surface area (Å²) in [5.74, 6) is 1.10. The van der Waals surface area contributed by atoms with Crippen LogP contribution >= 0.6 is 0 Å². The van der Waals surface area contributed by atoms with Crippen molar-refractivity contribution in [2.24, 2.45) is 5.92 Å². The molecule has 3 heterocycles. The van der Waals surface area contributed by atoms with Crippen LogP contribution in [0.1, 0.15) is 36.5 Å². The highest BCUT2D eigenvalue weighted by molar-refractivity contribution is 5.22. The second kappa shape index (κ2) is 5.31. The van der Waals surface area contributed by atoms with Crippen molar-refractivity contribution in [3.8, 4) is 0 Å². The Labute approximate surface area is 127 Å². The lowest BCUT2D eigenvalue weighted by Gasteiger charge is -2.41. The largest absolute Gasteiger partial charge is 0.338 e. The number of aryl methyl sites for hydroxylation is 2. The summed E-state index contributed by atoms with van der Waals surface area (Å²) in [6, 6.07) is 1.90. The average molecular weight is 301 g/mol. The van der Waals surface area contributed by atoms with E-state index in [4.69, 9.17) is 4.52 Å². The molecule has 2 aliphatic rings. The first-order valence-electron chi connectivity index (χ1n) is 7.81. The van der Waals surface area contributed by atoms with E-state index < -0.39 is 0 Å². The van der Waals surface area contributed by atoms with Gasteiger partial charge in [0.1, 0.15) is 0 Å². The van der Waals surface area contributed by atoms with E-state index in [1.807, 2.05) is 0 Å². The topological polar surface area (TPSA) is 77.1 Å². The third kappa shape index (κ3) is 2.35. The third-order valence-electron chi connectivity index (χ3n) is 4.72. The zero-order valence-corrected chi connectivity index (χ0v) is 12.6. The first-order valence-corrected chi connectivity index (χ1v) is 7.81. The van der Waals surface area contributed by atoms with Crippen molar-refractivity contribution in [2.75, 3.05) is 13.1 Å². The predicted molar refractivity (Wildman–Crippen MR) is 78.3 cm³/mol. The molecule has 1 aliphatic heterocycles. The number of hydrogen-bond acceptors (Lipinski definition) is 6. The van der Waals surface area contributed by atoms with E-state index in [9.17, 15) is 4.79 Å². The molecular formula is C15H19N5O2. The van der Waals surface area contributed by atoms with E-state index in [0.717, 1.165) is 43.6 Å². The van der Waals surface area contributed by atoms with Gasteiger partial charge in [0, 0.05) is 25.1 Å². The van der Waals surface area contributed by atoms with Crippen molar-refractivity contribution >= 4 is 0 Å². The van der Waals surface area contributed by atoms with Gasteiger partial charge in [0.05, 0.1) is 18.3 Å². The fourth-order valence-corrected chi connectivity index (χ4v) is 3.38. The van der Waals surface area contributed by atoms with Gasteiger partial charge in [-0.25, -0.2) is 4.68 Å². The lowest BCUT2D eigenvalue weighted by molar-refractivity contribution is 0.0339. The molecule has 0 amide bonds. The van der Waals surface area contributed by atoms with Gasteiger partial charge >= 0.3 is 0 Å². The minimum atomic E-state index is 0.0315. The Morgan fingerprint density at radius 1 is 1.41 bits per heavy atom. The summed E-state index contributed by atoms with van der Waals surface area (Å²) in [5.41, 5.74) is 2.28.